The SMILES string of the molecule is CCOCCn1c(=O)c(NCCCO)nc2cnc(-c3ccc(OC)nc3)cc21. The Hall–Kier alpha value is -3.04. The third-order valence-corrected chi connectivity index (χ3v) is 4.36. The van der Waals surface area contributed by atoms with E-state index in [4.69, 9.17) is 14.6 Å². The summed E-state index contributed by atoms with van der Waals surface area (Å²) in [5.74, 6) is 0.756. The molecule has 0 bridgehead atoms. The highest BCUT2D eigenvalue weighted by atomic mass is 16.5. The Labute approximate surface area is 168 Å². The molecule has 0 fully saturated rings. The van der Waals surface area contributed by atoms with Gasteiger partial charge in [0.15, 0.2) is 5.82 Å². The molecular formula is C20H25N5O4. The summed E-state index contributed by atoms with van der Waals surface area (Å²) < 4.78 is 12.2. The van der Waals surface area contributed by atoms with Gasteiger partial charge < -0.3 is 24.5 Å². The summed E-state index contributed by atoms with van der Waals surface area (Å²) in [5, 5.41) is 12.0. The molecule has 3 aromatic rings. The lowest BCUT2D eigenvalue weighted by Gasteiger charge is -2.14. The largest absolute Gasteiger partial charge is 0.481 e. The Kier molecular flexibility index (Phi) is 7.09. The van der Waals surface area contributed by atoms with Crippen molar-refractivity contribution in [2.45, 2.75) is 19.9 Å². The van der Waals surface area contributed by atoms with Crippen LogP contribution in [0.4, 0.5) is 5.82 Å². The molecule has 0 aromatic carbocycles. The van der Waals surface area contributed by atoms with E-state index in [0.717, 1.165) is 5.56 Å². The van der Waals surface area contributed by atoms with Gasteiger partial charge in [-0.3, -0.25) is 9.78 Å². The fourth-order valence-electron chi connectivity index (χ4n) is 2.88. The van der Waals surface area contributed by atoms with Crippen LogP contribution in [0.3, 0.4) is 0 Å². The highest BCUT2D eigenvalue weighted by molar-refractivity contribution is 5.80. The lowest BCUT2D eigenvalue weighted by atomic mass is 10.2. The molecule has 3 aromatic heterocycles. The van der Waals surface area contributed by atoms with E-state index < -0.39 is 0 Å². The molecule has 0 aliphatic heterocycles. The Balaban J connectivity index is 2.04. The fourth-order valence-corrected chi connectivity index (χ4v) is 2.88. The van der Waals surface area contributed by atoms with Gasteiger partial charge in [-0.25, -0.2) is 9.97 Å². The first-order valence-corrected chi connectivity index (χ1v) is 9.51. The Morgan fingerprint density at radius 2 is 2.10 bits per heavy atom. The second-order valence-electron chi connectivity index (χ2n) is 6.27. The number of pyridine rings is 2. The van der Waals surface area contributed by atoms with E-state index >= 15 is 0 Å². The lowest BCUT2D eigenvalue weighted by Crippen LogP contribution is -2.27. The molecule has 0 atom stereocenters. The number of aromatic nitrogens is 4. The van der Waals surface area contributed by atoms with Crippen LogP contribution in [-0.2, 0) is 11.3 Å². The normalized spacial score (nSPS) is 11.0. The number of fused-ring (bicyclic) bond motifs is 1. The Morgan fingerprint density at radius 1 is 1.24 bits per heavy atom. The number of nitrogens with one attached hydrogen (secondary N) is 1. The fraction of sp³-hybridized carbons (Fsp3) is 0.400. The number of aliphatic hydroxyl groups excluding tert-OH is 1. The van der Waals surface area contributed by atoms with Gasteiger partial charge in [-0.05, 0) is 25.5 Å². The molecule has 3 heterocycles. The van der Waals surface area contributed by atoms with Gasteiger partial charge in [0, 0.05) is 44.1 Å². The molecule has 0 saturated heterocycles. The molecule has 3 rings (SSSR count). The van der Waals surface area contributed by atoms with E-state index in [9.17, 15) is 4.79 Å². The third kappa shape index (κ3) is 4.87. The summed E-state index contributed by atoms with van der Waals surface area (Å²) in [6, 6.07) is 5.45. The number of ether oxygens (including phenoxy) is 2. The monoisotopic (exact) mass is 399 g/mol. The summed E-state index contributed by atoms with van der Waals surface area (Å²) in [5.41, 5.74) is 2.52. The maximum Gasteiger partial charge on any atom is 0.293 e. The summed E-state index contributed by atoms with van der Waals surface area (Å²) in [6.07, 6.45) is 3.84. The zero-order valence-electron chi connectivity index (χ0n) is 16.6. The van der Waals surface area contributed by atoms with Crippen molar-refractivity contribution in [2.24, 2.45) is 0 Å². The molecule has 9 heteroatoms. The number of methoxy groups -OCH3 is 1. The number of rotatable bonds is 10. The first kappa shape index (κ1) is 20.7. The van der Waals surface area contributed by atoms with Crippen LogP contribution in [0.5, 0.6) is 5.88 Å². The van der Waals surface area contributed by atoms with Gasteiger partial charge in [-0.2, -0.15) is 0 Å². The summed E-state index contributed by atoms with van der Waals surface area (Å²) in [4.78, 5) is 26.1. The van der Waals surface area contributed by atoms with Gasteiger partial charge in [0.05, 0.1) is 31.1 Å². The topological polar surface area (TPSA) is 111 Å². The molecule has 0 radical (unpaired) electrons. The summed E-state index contributed by atoms with van der Waals surface area (Å²) in [6.45, 7) is 3.79. The molecule has 0 unspecified atom stereocenters. The van der Waals surface area contributed by atoms with Crippen molar-refractivity contribution in [2.75, 3.05) is 38.8 Å². The van der Waals surface area contributed by atoms with Crippen LogP contribution in [0.1, 0.15) is 13.3 Å². The molecule has 2 N–H and O–H groups in total. The molecule has 0 spiro atoms. The van der Waals surface area contributed by atoms with Crippen molar-refractivity contribution < 1.29 is 14.6 Å². The van der Waals surface area contributed by atoms with Gasteiger partial charge in [-0.15, -0.1) is 0 Å². The Bertz CT molecular complexity index is 1000. The number of anilines is 1. The highest BCUT2D eigenvalue weighted by Crippen LogP contribution is 2.22. The van der Waals surface area contributed by atoms with Crippen molar-refractivity contribution >= 4 is 16.9 Å². The third-order valence-electron chi connectivity index (χ3n) is 4.36. The van der Waals surface area contributed by atoms with E-state index in [0.29, 0.717) is 55.3 Å². The van der Waals surface area contributed by atoms with Crippen molar-refractivity contribution in [3.63, 3.8) is 0 Å². The predicted octanol–water partition coefficient (Wildman–Crippen LogP) is 1.69. The first-order chi connectivity index (χ1) is 14.2. The highest BCUT2D eigenvalue weighted by Gasteiger charge is 2.13. The standard InChI is InChI=1S/C20H25N5O4/c1-3-29-10-8-25-17-11-15(14-5-6-18(28-2)23-12-14)22-13-16(17)24-19(20(25)27)21-7-4-9-26/h5-6,11-13,26H,3-4,7-10H2,1-2H3,(H,21,24). The maximum absolute atomic E-state index is 13.0. The van der Waals surface area contributed by atoms with E-state index in [2.05, 4.69) is 20.3 Å². The molecule has 0 saturated carbocycles. The second-order valence-corrected chi connectivity index (χ2v) is 6.27. The number of hydrogen-bond acceptors (Lipinski definition) is 8. The van der Waals surface area contributed by atoms with Crippen LogP contribution in [-0.4, -0.2) is 58.1 Å². The van der Waals surface area contributed by atoms with Crippen molar-refractivity contribution in [1.82, 2.24) is 19.5 Å². The predicted molar refractivity (Wildman–Crippen MR) is 110 cm³/mol. The van der Waals surface area contributed by atoms with Crippen LogP contribution >= 0.6 is 0 Å². The molecular weight excluding hydrogens is 374 g/mol. The van der Waals surface area contributed by atoms with Gasteiger partial charge in [0.25, 0.3) is 5.56 Å². The second kappa shape index (κ2) is 9.94. The van der Waals surface area contributed by atoms with Crippen molar-refractivity contribution in [3.05, 3.63) is 40.9 Å². The minimum absolute atomic E-state index is 0.0416. The maximum atomic E-state index is 13.0. The minimum atomic E-state index is -0.236. The van der Waals surface area contributed by atoms with Gasteiger partial charge in [0.2, 0.25) is 5.88 Å². The number of aliphatic hydroxyl groups is 1. The van der Waals surface area contributed by atoms with Crippen LogP contribution in [0.25, 0.3) is 22.3 Å². The molecule has 0 amide bonds. The zero-order chi connectivity index (χ0) is 20.6. The average molecular weight is 399 g/mol. The molecule has 154 valence electrons. The summed E-state index contributed by atoms with van der Waals surface area (Å²) >= 11 is 0. The average Bonchev–Trinajstić information content (AvgIpc) is 2.76. The first-order valence-electron chi connectivity index (χ1n) is 9.51. The van der Waals surface area contributed by atoms with E-state index in [1.807, 2.05) is 19.1 Å². The lowest BCUT2D eigenvalue weighted by molar-refractivity contribution is 0.139. The minimum Gasteiger partial charge on any atom is -0.481 e. The smallest absolute Gasteiger partial charge is 0.293 e. The molecule has 0 aliphatic carbocycles. The van der Waals surface area contributed by atoms with Gasteiger partial charge in [0.1, 0.15) is 5.52 Å². The molecule has 0 aliphatic rings. The van der Waals surface area contributed by atoms with Crippen molar-refractivity contribution in [3.8, 4) is 17.1 Å². The zero-order valence-corrected chi connectivity index (χ0v) is 16.6. The van der Waals surface area contributed by atoms with E-state index in [1.54, 1.807) is 30.1 Å². The van der Waals surface area contributed by atoms with Crippen molar-refractivity contribution in [1.29, 1.82) is 0 Å². The number of hydrogen-bond donors (Lipinski definition) is 2. The van der Waals surface area contributed by atoms with E-state index in [1.165, 1.54) is 0 Å². The summed E-state index contributed by atoms with van der Waals surface area (Å²) in [7, 11) is 1.56. The molecule has 29 heavy (non-hydrogen) atoms. The van der Waals surface area contributed by atoms with Gasteiger partial charge >= 0.3 is 0 Å². The quantitative estimate of drug-likeness (QED) is 0.496. The van der Waals surface area contributed by atoms with Crippen LogP contribution in [0.2, 0.25) is 0 Å². The van der Waals surface area contributed by atoms with Crippen LogP contribution < -0.4 is 15.6 Å². The van der Waals surface area contributed by atoms with Gasteiger partial charge in [-0.1, -0.05) is 0 Å². The van der Waals surface area contributed by atoms with Crippen LogP contribution in [0.15, 0.2) is 35.4 Å². The van der Waals surface area contributed by atoms with Crippen LogP contribution in [0, 0.1) is 0 Å². The molecule has 9 nitrogen and oxygen atoms in total. The Morgan fingerprint density at radius 3 is 2.79 bits per heavy atom. The van der Waals surface area contributed by atoms with E-state index in [-0.39, 0.29) is 18.0 Å². The number of nitrogens with zero attached hydrogens (tertiary/aromatic N) is 4.